The van der Waals surface area contributed by atoms with Crippen molar-refractivity contribution in [3.05, 3.63) is 29.8 Å². The number of amides is 2. The van der Waals surface area contributed by atoms with Crippen molar-refractivity contribution < 1.29 is 19.1 Å². The van der Waals surface area contributed by atoms with E-state index in [0.29, 0.717) is 30.8 Å². The van der Waals surface area contributed by atoms with Gasteiger partial charge in [-0.1, -0.05) is 25.3 Å². The number of rotatable bonds is 7. The molecule has 0 aliphatic heterocycles. The SMILES string of the molecule is CC(=O)Oc1cccc(C(=O)NCCCNC(=O)C2CCCCC2)c1. The molecular weight excluding hydrogens is 320 g/mol. The lowest BCUT2D eigenvalue weighted by Crippen LogP contribution is -2.34. The van der Waals surface area contributed by atoms with E-state index in [2.05, 4.69) is 10.6 Å². The topological polar surface area (TPSA) is 84.5 Å². The normalized spacial score (nSPS) is 14.6. The Morgan fingerprint density at radius 1 is 1.08 bits per heavy atom. The third-order valence-corrected chi connectivity index (χ3v) is 4.27. The highest BCUT2D eigenvalue weighted by Crippen LogP contribution is 2.23. The highest BCUT2D eigenvalue weighted by Gasteiger charge is 2.20. The van der Waals surface area contributed by atoms with Crippen LogP contribution < -0.4 is 15.4 Å². The average Bonchev–Trinajstić information content (AvgIpc) is 2.61. The van der Waals surface area contributed by atoms with Crippen molar-refractivity contribution in [1.82, 2.24) is 10.6 Å². The molecule has 0 bridgehead atoms. The summed E-state index contributed by atoms with van der Waals surface area (Å²) in [7, 11) is 0. The fraction of sp³-hybridized carbons (Fsp3) is 0.526. The summed E-state index contributed by atoms with van der Waals surface area (Å²) in [5, 5.41) is 5.75. The summed E-state index contributed by atoms with van der Waals surface area (Å²) in [4.78, 5) is 35.0. The quantitative estimate of drug-likeness (QED) is 0.451. The van der Waals surface area contributed by atoms with Crippen LogP contribution in [0.25, 0.3) is 0 Å². The molecule has 1 aliphatic carbocycles. The van der Waals surface area contributed by atoms with Crippen LogP contribution in [0, 0.1) is 5.92 Å². The maximum atomic E-state index is 12.1. The summed E-state index contributed by atoms with van der Waals surface area (Å²) < 4.78 is 4.97. The first kappa shape index (κ1) is 19.0. The monoisotopic (exact) mass is 346 g/mol. The van der Waals surface area contributed by atoms with E-state index in [4.69, 9.17) is 4.74 Å². The van der Waals surface area contributed by atoms with E-state index in [9.17, 15) is 14.4 Å². The van der Waals surface area contributed by atoms with Gasteiger partial charge in [-0.25, -0.2) is 0 Å². The highest BCUT2D eigenvalue weighted by molar-refractivity contribution is 5.94. The molecule has 1 fully saturated rings. The van der Waals surface area contributed by atoms with Gasteiger partial charge in [0.15, 0.2) is 0 Å². The van der Waals surface area contributed by atoms with Crippen LogP contribution in [0.5, 0.6) is 5.75 Å². The van der Waals surface area contributed by atoms with E-state index in [0.717, 1.165) is 25.7 Å². The highest BCUT2D eigenvalue weighted by atomic mass is 16.5. The van der Waals surface area contributed by atoms with Crippen LogP contribution in [0.15, 0.2) is 24.3 Å². The van der Waals surface area contributed by atoms with Gasteiger partial charge in [-0.3, -0.25) is 14.4 Å². The number of benzene rings is 1. The number of esters is 1. The molecule has 0 heterocycles. The molecule has 1 saturated carbocycles. The number of carbonyl (C=O) groups is 3. The Bertz CT molecular complexity index is 609. The molecule has 0 unspecified atom stereocenters. The minimum atomic E-state index is -0.425. The predicted molar refractivity (Wildman–Crippen MR) is 94.3 cm³/mol. The van der Waals surface area contributed by atoms with Crippen molar-refractivity contribution in [3.8, 4) is 5.75 Å². The first-order chi connectivity index (χ1) is 12.1. The zero-order chi connectivity index (χ0) is 18.1. The minimum absolute atomic E-state index is 0.139. The van der Waals surface area contributed by atoms with Gasteiger partial charge in [-0.05, 0) is 37.5 Å². The summed E-state index contributed by atoms with van der Waals surface area (Å²) in [6.07, 6.45) is 6.16. The lowest BCUT2D eigenvalue weighted by atomic mass is 9.89. The Kier molecular flexibility index (Phi) is 7.44. The Morgan fingerprint density at radius 2 is 1.80 bits per heavy atom. The van der Waals surface area contributed by atoms with Crippen molar-refractivity contribution in [2.75, 3.05) is 13.1 Å². The smallest absolute Gasteiger partial charge is 0.308 e. The van der Waals surface area contributed by atoms with Gasteiger partial charge in [-0.2, -0.15) is 0 Å². The lowest BCUT2D eigenvalue weighted by molar-refractivity contribution is -0.132. The third-order valence-electron chi connectivity index (χ3n) is 4.27. The number of nitrogens with one attached hydrogen (secondary N) is 2. The fourth-order valence-corrected chi connectivity index (χ4v) is 2.98. The van der Waals surface area contributed by atoms with Gasteiger partial charge >= 0.3 is 5.97 Å². The first-order valence-electron chi connectivity index (χ1n) is 8.90. The molecule has 1 aromatic carbocycles. The molecule has 136 valence electrons. The zero-order valence-corrected chi connectivity index (χ0v) is 14.7. The van der Waals surface area contributed by atoms with Gasteiger partial charge in [0.2, 0.25) is 5.91 Å². The number of carbonyl (C=O) groups excluding carboxylic acids is 3. The molecule has 0 spiro atoms. The number of ether oxygens (including phenoxy) is 1. The van der Waals surface area contributed by atoms with E-state index in [1.165, 1.54) is 19.4 Å². The second-order valence-corrected chi connectivity index (χ2v) is 6.36. The van der Waals surface area contributed by atoms with Crippen LogP contribution >= 0.6 is 0 Å². The van der Waals surface area contributed by atoms with E-state index < -0.39 is 5.97 Å². The zero-order valence-electron chi connectivity index (χ0n) is 14.7. The van der Waals surface area contributed by atoms with Gasteiger partial charge in [0.05, 0.1) is 0 Å². The number of hydrogen-bond donors (Lipinski definition) is 2. The summed E-state index contributed by atoms with van der Waals surface area (Å²) in [6, 6.07) is 6.48. The maximum Gasteiger partial charge on any atom is 0.308 e. The lowest BCUT2D eigenvalue weighted by Gasteiger charge is -2.20. The first-order valence-corrected chi connectivity index (χ1v) is 8.90. The minimum Gasteiger partial charge on any atom is -0.427 e. The molecule has 2 rings (SSSR count). The largest absolute Gasteiger partial charge is 0.427 e. The van der Waals surface area contributed by atoms with Gasteiger partial charge in [0, 0.05) is 31.5 Å². The summed E-state index contributed by atoms with van der Waals surface area (Å²) in [5.74, 6) is -0.00811. The van der Waals surface area contributed by atoms with Gasteiger partial charge < -0.3 is 15.4 Å². The molecule has 0 saturated heterocycles. The summed E-state index contributed by atoms with van der Waals surface area (Å²) in [5.41, 5.74) is 0.435. The van der Waals surface area contributed by atoms with E-state index in [1.807, 2.05) is 0 Å². The van der Waals surface area contributed by atoms with Crippen LogP contribution in [-0.2, 0) is 9.59 Å². The van der Waals surface area contributed by atoms with Crippen LogP contribution in [-0.4, -0.2) is 30.9 Å². The molecular formula is C19H26N2O4. The second kappa shape index (κ2) is 9.81. The predicted octanol–water partition coefficient (Wildman–Crippen LogP) is 2.43. The molecule has 0 atom stereocenters. The van der Waals surface area contributed by atoms with E-state index in [-0.39, 0.29) is 17.7 Å². The van der Waals surface area contributed by atoms with E-state index >= 15 is 0 Å². The van der Waals surface area contributed by atoms with E-state index in [1.54, 1.807) is 18.2 Å². The van der Waals surface area contributed by atoms with Crippen molar-refractivity contribution in [1.29, 1.82) is 0 Å². The fourth-order valence-electron chi connectivity index (χ4n) is 2.98. The molecule has 1 aromatic rings. The van der Waals surface area contributed by atoms with Crippen molar-refractivity contribution in [2.24, 2.45) is 5.92 Å². The standard InChI is InChI=1S/C19H26N2O4/c1-14(22)25-17-10-5-9-16(13-17)19(24)21-12-6-11-20-18(23)15-7-3-2-4-8-15/h5,9-10,13,15H,2-4,6-8,11-12H2,1H3,(H,20,23)(H,21,24). The molecule has 1 aliphatic rings. The van der Waals surface area contributed by atoms with Crippen molar-refractivity contribution in [3.63, 3.8) is 0 Å². The van der Waals surface area contributed by atoms with Crippen molar-refractivity contribution in [2.45, 2.75) is 45.4 Å². The van der Waals surface area contributed by atoms with Gasteiger partial charge in [0.1, 0.15) is 5.75 Å². The molecule has 6 nitrogen and oxygen atoms in total. The molecule has 25 heavy (non-hydrogen) atoms. The van der Waals surface area contributed by atoms with Gasteiger partial charge in [0.25, 0.3) is 5.91 Å². The molecule has 0 aromatic heterocycles. The Hall–Kier alpha value is -2.37. The molecule has 2 amide bonds. The maximum absolute atomic E-state index is 12.1. The average molecular weight is 346 g/mol. The Balaban J connectivity index is 1.66. The van der Waals surface area contributed by atoms with Crippen LogP contribution in [0.4, 0.5) is 0 Å². The van der Waals surface area contributed by atoms with Crippen LogP contribution in [0.1, 0.15) is 55.8 Å². The van der Waals surface area contributed by atoms with Crippen LogP contribution in [0.2, 0.25) is 0 Å². The third kappa shape index (κ3) is 6.57. The molecule has 2 N–H and O–H groups in total. The number of hydrogen-bond acceptors (Lipinski definition) is 4. The molecule has 6 heteroatoms. The summed E-state index contributed by atoms with van der Waals surface area (Å²) in [6.45, 7) is 2.35. The second-order valence-electron chi connectivity index (χ2n) is 6.36. The molecule has 0 radical (unpaired) electrons. The Morgan fingerprint density at radius 3 is 2.52 bits per heavy atom. The van der Waals surface area contributed by atoms with Crippen LogP contribution in [0.3, 0.4) is 0 Å². The van der Waals surface area contributed by atoms with Gasteiger partial charge in [-0.15, -0.1) is 0 Å². The van der Waals surface area contributed by atoms with Crippen molar-refractivity contribution >= 4 is 17.8 Å². The summed E-state index contributed by atoms with van der Waals surface area (Å²) >= 11 is 0. The Labute approximate surface area is 148 Å².